The number of rotatable bonds is 8. The summed E-state index contributed by atoms with van der Waals surface area (Å²) in [5, 5.41) is 13.3. The maximum atomic E-state index is 12.0. The van der Waals surface area contributed by atoms with Gasteiger partial charge in [-0.25, -0.2) is 9.36 Å². The number of hydrogen-bond acceptors (Lipinski definition) is 10. The Hall–Kier alpha value is -2.61. The largest absolute Gasteiger partial charge is 0.488 e. The van der Waals surface area contributed by atoms with Crippen LogP contribution in [0.1, 0.15) is 13.2 Å². The van der Waals surface area contributed by atoms with E-state index in [1.807, 2.05) is 4.98 Å². The van der Waals surface area contributed by atoms with Gasteiger partial charge < -0.3 is 29.7 Å². The molecule has 164 valence electrons. The first-order valence-corrected chi connectivity index (χ1v) is 10.1. The van der Waals surface area contributed by atoms with Crippen LogP contribution in [0, 0.1) is 0 Å². The fourth-order valence-corrected chi connectivity index (χ4v) is 3.38. The molecule has 0 amide bonds. The lowest BCUT2D eigenvalue weighted by Gasteiger charge is -2.24. The molecule has 0 bridgehead atoms. The first kappa shape index (κ1) is 22.1. The molecular weight excluding hydrogens is 429 g/mol. The van der Waals surface area contributed by atoms with Gasteiger partial charge in [-0.15, -0.1) is 0 Å². The average molecular weight is 447 g/mol. The molecule has 0 unspecified atom stereocenters. The number of H-pyrrole nitrogens is 1. The summed E-state index contributed by atoms with van der Waals surface area (Å²) in [6, 6.07) is -0.230. The molecule has 2 aromatic rings. The van der Waals surface area contributed by atoms with E-state index in [0.717, 1.165) is 16.8 Å². The van der Waals surface area contributed by atoms with E-state index in [4.69, 9.17) is 19.3 Å². The quantitative estimate of drug-likeness (QED) is 0.208. The van der Waals surface area contributed by atoms with E-state index in [1.165, 1.54) is 0 Å². The van der Waals surface area contributed by atoms with E-state index in [2.05, 4.69) is 9.84 Å². The van der Waals surface area contributed by atoms with Gasteiger partial charge in [0.1, 0.15) is 17.9 Å². The van der Waals surface area contributed by atoms with Crippen molar-refractivity contribution in [2.45, 2.75) is 31.4 Å². The van der Waals surface area contributed by atoms with E-state index in [9.17, 15) is 28.8 Å². The molecule has 1 aromatic carbocycles. The highest BCUT2D eigenvalue weighted by Gasteiger charge is 2.47. The highest BCUT2D eigenvalue weighted by molar-refractivity contribution is 7.46. The molecule has 1 aromatic heterocycles. The summed E-state index contributed by atoms with van der Waals surface area (Å²) < 4.78 is 26.9. The van der Waals surface area contributed by atoms with Crippen molar-refractivity contribution < 1.29 is 33.5 Å². The summed E-state index contributed by atoms with van der Waals surface area (Å²) in [5.41, 5.74) is -3.63. The lowest BCUT2D eigenvalue weighted by atomic mass is 10.1. The lowest BCUT2D eigenvalue weighted by Crippen LogP contribution is -2.46. The fourth-order valence-electron chi connectivity index (χ4n) is 3.04. The molecule has 1 aliphatic heterocycles. The predicted octanol–water partition coefficient (Wildman–Crippen LogP) is -2.62. The fraction of sp³-hybridized carbons (Fsp3) is 0.467. The van der Waals surface area contributed by atoms with E-state index in [-0.39, 0.29) is 18.0 Å². The van der Waals surface area contributed by atoms with Crippen molar-refractivity contribution >= 4 is 13.5 Å². The maximum absolute atomic E-state index is 12.0. The zero-order valence-electron chi connectivity index (χ0n) is 15.4. The molecule has 14 nitrogen and oxygen atoms in total. The maximum Gasteiger partial charge on any atom is 0.469 e. The van der Waals surface area contributed by atoms with E-state index in [1.54, 1.807) is 6.92 Å². The Kier molecular flexibility index (Phi) is 6.08. The third-order valence-corrected chi connectivity index (χ3v) is 4.86. The van der Waals surface area contributed by atoms with Crippen LogP contribution >= 0.6 is 7.82 Å². The summed E-state index contributed by atoms with van der Waals surface area (Å²) in [6.07, 6.45) is -3.17. The van der Waals surface area contributed by atoms with Gasteiger partial charge in [-0.05, 0) is 6.92 Å². The normalized spacial score (nSPS) is 24.3. The second kappa shape index (κ2) is 8.26. The number of nitrogens with zero attached hydrogens (tertiary/aromatic N) is 1. The Bertz CT molecular complexity index is 1160. The Morgan fingerprint density at radius 2 is 1.97 bits per heavy atom. The topological polar surface area (TPSA) is 206 Å². The van der Waals surface area contributed by atoms with Crippen LogP contribution < -0.4 is 32.2 Å². The van der Waals surface area contributed by atoms with E-state index >= 15 is 0 Å². The first-order valence-electron chi connectivity index (χ1n) is 8.61. The van der Waals surface area contributed by atoms with Crippen molar-refractivity contribution in [1.29, 1.82) is 0 Å². The number of phosphoric acid groups is 1. The minimum absolute atomic E-state index is 0.0867. The number of ether oxygens (including phenoxy) is 2. The number of hydrogen-bond donors (Lipinski definition) is 5. The molecule has 1 saturated heterocycles. The molecule has 30 heavy (non-hydrogen) atoms. The van der Waals surface area contributed by atoms with Crippen molar-refractivity contribution in [3.8, 4) is 5.75 Å². The van der Waals surface area contributed by atoms with Crippen LogP contribution in [0.3, 0.4) is 0 Å². The number of nitrogens with one attached hydrogen (secondary N) is 2. The van der Waals surface area contributed by atoms with Crippen molar-refractivity contribution in [1.82, 2.24) is 9.55 Å². The highest BCUT2D eigenvalue weighted by atomic mass is 31.2. The molecule has 2 heterocycles. The van der Waals surface area contributed by atoms with Crippen LogP contribution in [-0.2, 0) is 13.8 Å². The highest BCUT2D eigenvalue weighted by Crippen LogP contribution is 2.39. The molecule has 15 heteroatoms. The number of aromatic amines is 1. The van der Waals surface area contributed by atoms with Crippen LogP contribution in [0.25, 0.3) is 0 Å². The predicted molar refractivity (Wildman–Crippen MR) is 99.2 cm³/mol. The second-order valence-electron chi connectivity index (χ2n) is 6.32. The van der Waals surface area contributed by atoms with Gasteiger partial charge in [0.25, 0.3) is 16.4 Å². The summed E-state index contributed by atoms with van der Waals surface area (Å²) in [7, 11) is -4.91. The third kappa shape index (κ3) is 4.28. The second-order valence-corrected chi connectivity index (χ2v) is 7.56. The molecule has 0 saturated carbocycles. The number of aliphatic hydroxyl groups excluding tert-OH is 1. The SMILES string of the molecule is CCOc1c(N[C@H]2[C@@H](O)[C@H](n3ccc(=O)[nH]c3=O)O[C@@H]2COP(=O)(O)O)c(=O)c1=O. The van der Waals surface area contributed by atoms with Gasteiger partial charge in [0.2, 0.25) is 0 Å². The average Bonchev–Trinajstić information content (AvgIpc) is 2.97. The number of anilines is 1. The molecule has 1 fully saturated rings. The van der Waals surface area contributed by atoms with Gasteiger partial charge in [-0.3, -0.25) is 28.5 Å². The summed E-state index contributed by atoms with van der Waals surface area (Å²) in [5.74, 6) is -0.256. The molecule has 3 rings (SSSR count). The number of phosphoric ester groups is 1. The Morgan fingerprint density at radius 1 is 1.27 bits per heavy atom. The monoisotopic (exact) mass is 447 g/mol. The van der Waals surface area contributed by atoms with Crippen LogP contribution in [0.15, 0.2) is 31.4 Å². The molecule has 0 spiro atoms. The first-order chi connectivity index (χ1) is 14.0. The van der Waals surface area contributed by atoms with Crippen LogP contribution in [0.4, 0.5) is 5.69 Å². The zero-order chi connectivity index (χ0) is 22.2. The van der Waals surface area contributed by atoms with Crippen molar-refractivity contribution in [3.05, 3.63) is 53.5 Å². The standard InChI is InChI=1S/C15H18N3O11P/c1-2-27-13-9(10(20)12(13)22)17-8-6(5-28-30(24,25)26)29-14(11(8)21)18-4-3-7(19)16-15(18)23/h3-4,6,8,11,14,17,21H,2,5H2,1H3,(H,16,19,23)(H2,24,25,26)/t6-,8-,11-,14-/m1/s1. The molecule has 4 atom stereocenters. The van der Waals surface area contributed by atoms with Crippen LogP contribution in [0.5, 0.6) is 5.75 Å². The Morgan fingerprint density at radius 3 is 2.57 bits per heavy atom. The summed E-state index contributed by atoms with van der Waals surface area (Å²) >= 11 is 0. The zero-order valence-corrected chi connectivity index (χ0v) is 16.3. The number of aromatic nitrogens is 2. The molecule has 0 aliphatic carbocycles. The minimum atomic E-state index is -4.91. The van der Waals surface area contributed by atoms with Crippen molar-refractivity contribution in [3.63, 3.8) is 0 Å². The molecule has 1 aliphatic rings. The Labute approximate surface area is 166 Å². The van der Waals surface area contributed by atoms with Gasteiger partial charge in [-0.1, -0.05) is 0 Å². The lowest BCUT2D eigenvalue weighted by molar-refractivity contribution is -0.0525. The van der Waals surface area contributed by atoms with Gasteiger partial charge in [0.15, 0.2) is 12.0 Å². The van der Waals surface area contributed by atoms with E-state index in [0.29, 0.717) is 0 Å². The van der Waals surface area contributed by atoms with Crippen LogP contribution in [0.2, 0.25) is 0 Å². The van der Waals surface area contributed by atoms with Gasteiger partial charge in [0.05, 0.1) is 19.3 Å². The third-order valence-electron chi connectivity index (χ3n) is 4.37. The summed E-state index contributed by atoms with van der Waals surface area (Å²) in [4.78, 5) is 66.7. The van der Waals surface area contributed by atoms with Crippen LogP contribution in [-0.4, -0.2) is 55.9 Å². The molecule has 5 N–H and O–H groups in total. The van der Waals surface area contributed by atoms with Gasteiger partial charge >= 0.3 is 13.5 Å². The van der Waals surface area contributed by atoms with Gasteiger partial charge in [-0.2, -0.15) is 0 Å². The van der Waals surface area contributed by atoms with Gasteiger partial charge in [0, 0.05) is 12.3 Å². The van der Waals surface area contributed by atoms with Crippen molar-refractivity contribution in [2.24, 2.45) is 0 Å². The van der Waals surface area contributed by atoms with Crippen molar-refractivity contribution in [2.75, 3.05) is 18.5 Å². The van der Waals surface area contributed by atoms with E-state index < -0.39 is 61.0 Å². The smallest absolute Gasteiger partial charge is 0.469 e. The molecular formula is C15H18N3O11P. The molecule has 0 radical (unpaired) electrons. The Balaban J connectivity index is 1.93. The summed E-state index contributed by atoms with van der Waals surface area (Å²) in [6.45, 7) is 0.944. The minimum Gasteiger partial charge on any atom is -0.488 e. The number of aliphatic hydroxyl groups is 1.